The van der Waals surface area contributed by atoms with Gasteiger partial charge in [0.15, 0.2) is 43.1 Å². The molecular formula is C44H41Cl5IN13O10. The first-order valence-corrected chi connectivity index (χ1v) is 23.7. The number of anilines is 1. The number of hydrogen-bond donors (Lipinski definition) is 2. The number of halogens is 6. The van der Waals surface area contributed by atoms with Gasteiger partial charge in [-0.15, -0.1) is 0 Å². The highest BCUT2D eigenvalue weighted by Crippen LogP contribution is 2.29. The molecule has 0 aromatic carbocycles. The fourth-order valence-electron chi connectivity index (χ4n) is 7.24. The molecule has 7 heterocycles. The monoisotopic (exact) mass is 1210 g/mol. The topological polar surface area (TPSA) is 299 Å². The molecule has 7 aromatic heterocycles. The number of carbonyl (C=O) groups excluding carboxylic acids is 3. The third-order valence-corrected chi connectivity index (χ3v) is 13.8. The fraction of sp³-hybridized carbons (Fsp3) is 0.273. The van der Waals surface area contributed by atoms with Crippen molar-refractivity contribution in [1.29, 1.82) is 0 Å². The lowest BCUT2D eigenvalue weighted by molar-refractivity contribution is -0.132. The van der Waals surface area contributed by atoms with Crippen molar-refractivity contribution in [3.05, 3.63) is 138 Å². The van der Waals surface area contributed by atoms with Gasteiger partial charge in [-0.3, -0.25) is 38.4 Å². The summed E-state index contributed by atoms with van der Waals surface area (Å²) in [5.41, 5.74) is 8.64. The lowest BCUT2D eigenvalue weighted by Gasteiger charge is -2.02. The maximum atomic E-state index is 11.8. The van der Waals surface area contributed by atoms with Crippen LogP contribution in [0.5, 0.6) is 0 Å². The Kier molecular flexibility index (Phi) is 17.8. The molecule has 9 rings (SSSR count). The van der Waals surface area contributed by atoms with Gasteiger partial charge < -0.3 is 20.0 Å². The van der Waals surface area contributed by atoms with Crippen LogP contribution in [0.3, 0.4) is 0 Å². The molecular weight excluding hydrogens is 1170 g/mol. The van der Waals surface area contributed by atoms with E-state index in [1.54, 1.807) is 48.5 Å². The molecule has 0 radical (unpaired) electrons. The van der Waals surface area contributed by atoms with E-state index in [2.05, 4.69) is 25.5 Å². The number of hydrogen-bond acceptors (Lipinski definition) is 15. The summed E-state index contributed by atoms with van der Waals surface area (Å²) < 4.78 is 9.34. The van der Waals surface area contributed by atoms with Gasteiger partial charge in [-0.1, -0.05) is 58.0 Å². The van der Waals surface area contributed by atoms with Gasteiger partial charge in [0.1, 0.15) is 16.7 Å². The summed E-state index contributed by atoms with van der Waals surface area (Å²) in [5.74, 6) is -1.30. The van der Waals surface area contributed by atoms with E-state index < -0.39 is 5.97 Å². The van der Waals surface area contributed by atoms with Gasteiger partial charge in [0.2, 0.25) is 0 Å². The lowest BCUT2D eigenvalue weighted by atomic mass is 10.1. The van der Waals surface area contributed by atoms with E-state index in [4.69, 9.17) is 68.8 Å². The van der Waals surface area contributed by atoms with Gasteiger partial charge in [-0.05, 0) is 53.8 Å². The molecule has 0 atom stereocenters. The maximum Gasteiger partial charge on any atom is 0.331 e. The Labute approximate surface area is 449 Å². The minimum atomic E-state index is -1.04. The molecule has 73 heavy (non-hydrogen) atoms. The summed E-state index contributed by atoms with van der Waals surface area (Å²) in [5, 5.41) is 30.0. The molecule has 7 aromatic rings. The number of carbonyl (C=O) groups is 4. The number of Topliss-reactive ketones (excluding diaryl/α,β-unsaturated/α-hetero) is 3. The second kappa shape index (κ2) is 22.7. The quantitative estimate of drug-likeness (QED) is 0.183. The van der Waals surface area contributed by atoms with Crippen LogP contribution in [0.25, 0.3) is 34.0 Å². The number of aromatic nitrogens is 12. The van der Waals surface area contributed by atoms with Crippen molar-refractivity contribution < 1.29 is 24.3 Å². The molecule has 2 aliphatic carbocycles. The highest BCUT2D eigenvalue weighted by molar-refractivity contribution is 14.1. The Hall–Kier alpha value is -6.58. The minimum Gasteiger partial charge on any atom is -0.478 e. The predicted octanol–water partition coefficient (Wildman–Crippen LogP) is 4.30. The Morgan fingerprint density at radius 1 is 0.521 bits per heavy atom. The standard InChI is InChI=1S/2C10H10ClN3O2.C10H9ClN2O2.C9H7ClN2O3.C5H5ClIN3O/c2*1-5(15)7-4-6-8(13(7)2)10(16)14(3)12-9(6)11;1-5(14)6-3-7-8(4-6)10(15)13(2)12-9(7)11;1-12-8(13)6-3-4(9(14)15)2-5(6)7(10)11-12;1-10-5(11)3(8)2(7)4(6)9-10/h2*4H,1-3H3;3H,4H2,1-2H3;2H,3H2,1H3,(H,14,15);8H2,1H3. The Balaban J connectivity index is 0.000000170. The number of aryl methyl sites for hydroxylation is 7. The van der Waals surface area contributed by atoms with Gasteiger partial charge in [-0.2, -0.15) is 25.5 Å². The van der Waals surface area contributed by atoms with Crippen LogP contribution in [-0.4, -0.2) is 86.5 Å². The summed E-state index contributed by atoms with van der Waals surface area (Å²) in [7, 11) is 10.9. The molecule has 0 saturated heterocycles. The summed E-state index contributed by atoms with van der Waals surface area (Å²) in [6, 6.07) is 3.18. The highest BCUT2D eigenvalue weighted by atomic mass is 127. The van der Waals surface area contributed by atoms with Gasteiger partial charge in [0.05, 0.1) is 15.0 Å². The first kappa shape index (κ1) is 57.3. The van der Waals surface area contributed by atoms with E-state index in [1.165, 1.54) is 59.7 Å². The number of carboxylic acid groups (broad SMARTS) is 1. The largest absolute Gasteiger partial charge is 0.478 e. The van der Waals surface area contributed by atoms with Crippen LogP contribution in [0.1, 0.15) is 64.0 Å². The van der Waals surface area contributed by atoms with Crippen LogP contribution in [0.4, 0.5) is 5.69 Å². The van der Waals surface area contributed by atoms with Crippen molar-refractivity contribution in [3.63, 3.8) is 0 Å². The molecule has 0 aliphatic heterocycles. The summed E-state index contributed by atoms with van der Waals surface area (Å²) >= 11 is 31.1. The average Bonchev–Trinajstić information content (AvgIpc) is 4.12. The zero-order valence-corrected chi connectivity index (χ0v) is 46.0. The van der Waals surface area contributed by atoms with Crippen LogP contribution in [0.2, 0.25) is 25.8 Å². The first-order valence-electron chi connectivity index (χ1n) is 20.7. The van der Waals surface area contributed by atoms with Crippen LogP contribution >= 0.6 is 80.6 Å². The highest BCUT2D eigenvalue weighted by Gasteiger charge is 2.25. The molecule has 0 spiro atoms. The van der Waals surface area contributed by atoms with Crippen molar-refractivity contribution in [3.8, 4) is 0 Å². The number of nitrogens with zero attached hydrogens (tertiary/aromatic N) is 12. The van der Waals surface area contributed by atoms with Crippen molar-refractivity contribution in [1.82, 2.24) is 58.0 Å². The molecule has 384 valence electrons. The third kappa shape index (κ3) is 11.8. The van der Waals surface area contributed by atoms with E-state index in [1.807, 2.05) is 22.6 Å². The smallest absolute Gasteiger partial charge is 0.331 e. The summed E-state index contributed by atoms with van der Waals surface area (Å²) in [6.45, 7) is 4.36. The van der Waals surface area contributed by atoms with Gasteiger partial charge >= 0.3 is 5.97 Å². The van der Waals surface area contributed by atoms with Crippen LogP contribution in [-0.2, 0) is 71.8 Å². The van der Waals surface area contributed by atoms with E-state index >= 15 is 0 Å². The number of ketones is 3. The predicted molar refractivity (Wildman–Crippen MR) is 284 cm³/mol. The SMILES string of the molecule is CC(=O)C1=Cc2c(Cl)nn(C)c(=O)c2C1.CC(=O)c1cc2c(Cl)nn(C)c(=O)c2n1C.CC(=O)c1cc2c(Cl)nn(C)c(=O)c2n1C.Cn1nc(Cl)c(I)c(N)c1=O.Cn1nc(Cl)c2c(c1=O)CC(C(=O)O)=C2. The van der Waals surface area contributed by atoms with Crippen LogP contribution in [0, 0.1) is 3.57 Å². The molecule has 0 fully saturated rings. The Morgan fingerprint density at radius 3 is 1.22 bits per heavy atom. The summed E-state index contributed by atoms with van der Waals surface area (Å²) in [4.78, 5) is 103. The summed E-state index contributed by atoms with van der Waals surface area (Å²) in [6.07, 6.45) is 3.52. The van der Waals surface area contributed by atoms with Crippen molar-refractivity contribution in [2.24, 2.45) is 49.3 Å². The molecule has 23 nitrogen and oxygen atoms in total. The number of nitrogens with two attached hydrogens (primary N) is 1. The van der Waals surface area contributed by atoms with Crippen molar-refractivity contribution in [2.75, 3.05) is 5.73 Å². The lowest BCUT2D eigenvalue weighted by Crippen LogP contribution is -2.24. The van der Waals surface area contributed by atoms with Crippen molar-refractivity contribution >= 4 is 144 Å². The van der Waals surface area contributed by atoms with E-state index in [0.29, 0.717) is 71.0 Å². The molecule has 0 saturated carbocycles. The number of aliphatic carboxylic acids is 1. The third-order valence-electron chi connectivity index (χ3n) is 11.1. The van der Waals surface area contributed by atoms with E-state index in [9.17, 15) is 43.2 Å². The Bertz CT molecular complexity index is 3680. The second-order valence-electron chi connectivity index (χ2n) is 16.0. The molecule has 0 amide bonds. The molecule has 0 bridgehead atoms. The second-order valence-corrected chi connectivity index (χ2v) is 18.8. The normalized spacial score (nSPS) is 11.9. The van der Waals surface area contributed by atoms with Gasteiger partial charge in [-0.25, -0.2) is 28.2 Å². The number of allylic oxidation sites excluding steroid dienone is 1. The first-order chi connectivity index (χ1) is 33.9. The molecule has 3 N–H and O–H groups in total. The number of fused-ring (bicyclic) bond motifs is 4. The van der Waals surface area contributed by atoms with Crippen LogP contribution in [0.15, 0.2) is 47.3 Å². The van der Waals surface area contributed by atoms with E-state index in [0.717, 1.165) is 18.7 Å². The Morgan fingerprint density at radius 2 is 0.849 bits per heavy atom. The number of carboxylic acids is 1. The fourth-order valence-corrected chi connectivity index (χ4v) is 8.88. The molecule has 29 heteroatoms. The molecule has 2 aliphatic rings. The average molecular weight is 1220 g/mol. The zero-order chi connectivity index (χ0) is 55.0. The number of nitrogen functional groups attached to an aromatic ring is 1. The van der Waals surface area contributed by atoms with Crippen molar-refractivity contribution in [2.45, 2.75) is 33.6 Å². The zero-order valence-electron chi connectivity index (χ0n) is 40.1. The van der Waals surface area contributed by atoms with Gasteiger partial charge in [0, 0.05) is 120 Å². The van der Waals surface area contributed by atoms with Gasteiger partial charge in [0.25, 0.3) is 27.8 Å². The van der Waals surface area contributed by atoms with Crippen LogP contribution < -0.4 is 33.5 Å². The van der Waals surface area contributed by atoms with E-state index in [-0.39, 0.29) is 88.6 Å². The minimum absolute atomic E-state index is 0.0377. The maximum absolute atomic E-state index is 11.8. The molecule has 0 unspecified atom stereocenters. The number of rotatable bonds is 4.